The van der Waals surface area contributed by atoms with E-state index in [1.54, 1.807) is 0 Å². The van der Waals surface area contributed by atoms with E-state index >= 15 is 0 Å². The van der Waals surface area contributed by atoms with Crippen LogP contribution in [0.4, 0.5) is 0 Å². The number of nitrogens with one attached hydrogen (secondary N) is 1. The SMILES string of the molecule is C=CCC1CCCCC1CNC(C)(C)C. The minimum atomic E-state index is 0.260. The number of rotatable bonds is 4. The van der Waals surface area contributed by atoms with Crippen molar-refractivity contribution in [2.75, 3.05) is 6.54 Å². The van der Waals surface area contributed by atoms with Crippen molar-refractivity contribution < 1.29 is 0 Å². The zero-order chi connectivity index (χ0) is 11.3. The Labute approximate surface area is 95.3 Å². The largest absolute Gasteiger partial charge is 0.312 e. The average molecular weight is 209 g/mol. The van der Waals surface area contributed by atoms with Gasteiger partial charge in [0, 0.05) is 5.54 Å². The molecule has 0 aliphatic heterocycles. The fourth-order valence-electron chi connectivity index (χ4n) is 2.51. The van der Waals surface area contributed by atoms with Gasteiger partial charge in [-0.2, -0.15) is 0 Å². The molecule has 0 aromatic carbocycles. The molecule has 0 spiro atoms. The van der Waals surface area contributed by atoms with E-state index in [1.165, 1.54) is 38.6 Å². The van der Waals surface area contributed by atoms with Crippen molar-refractivity contribution in [2.24, 2.45) is 11.8 Å². The maximum atomic E-state index is 3.88. The fraction of sp³-hybridized carbons (Fsp3) is 0.857. The second-order valence-electron chi connectivity index (χ2n) is 5.96. The van der Waals surface area contributed by atoms with Crippen LogP contribution in [0, 0.1) is 11.8 Å². The van der Waals surface area contributed by atoms with E-state index in [0.29, 0.717) is 0 Å². The third kappa shape index (κ3) is 4.83. The molecule has 1 N–H and O–H groups in total. The van der Waals surface area contributed by atoms with Crippen LogP contribution in [0.25, 0.3) is 0 Å². The Morgan fingerprint density at radius 1 is 1.20 bits per heavy atom. The van der Waals surface area contributed by atoms with Crippen LogP contribution in [0.5, 0.6) is 0 Å². The highest BCUT2D eigenvalue weighted by Gasteiger charge is 2.24. The van der Waals surface area contributed by atoms with Crippen LogP contribution in [0.1, 0.15) is 52.9 Å². The first-order valence-corrected chi connectivity index (χ1v) is 6.39. The predicted molar refractivity (Wildman–Crippen MR) is 68.0 cm³/mol. The highest BCUT2D eigenvalue weighted by Crippen LogP contribution is 2.32. The molecule has 1 aliphatic rings. The standard InChI is InChI=1S/C14H27N/c1-5-8-12-9-6-7-10-13(12)11-15-14(2,3)4/h5,12-13,15H,1,6-11H2,2-4H3. The molecule has 1 fully saturated rings. The second-order valence-corrected chi connectivity index (χ2v) is 5.96. The topological polar surface area (TPSA) is 12.0 Å². The normalized spacial score (nSPS) is 27.7. The third-order valence-electron chi connectivity index (χ3n) is 3.43. The molecule has 1 saturated carbocycles. The van der Waals surface area contributed by atoms with Crippen molar-refractivity contribution in [3.63, 3.8) is 0 Å². The predicted octanol–water partition coefficient (Wildman–Crippen LogP) is 3.76. The lowest BCUT2D eigenvalue weighted by Crippen LogP contribution is -2.41. The summed E-state index contributed by atoms with van der Waals surface area (Å²) in [5.41, 5.74) is 0.260. The van der Waals surface area contributed by atoms with Crippen LogP contribution in [-0.2, 0) is 0 Å². The number of allylic oxidation sites excluding steroid dienone is 1. The molecule has 2 unspecified atom stereocenters. The third-order valence-corrected chi connectivity index (χ3v) is 3.43. The van der Waals surface area contributed by atoms with Gasteiger partial charge in [0.2, 0.25) is 0 Å². The van der Waals surface area contributed by atoms with Crippen LogP contribution >= 0.6 is 0 Å². The van der Waals surface area contributed by atoms with Gasteiger partial charge in [0.25, 0.3) is 0 Å². The van der Waals surface area contributed by atoms with Gasteiger partial charge in [0.1, 0.15) is 0 Å². The van der Waals surface area contributed by atoms with E-state index in [9.17, 15) is 0 Å². The summed E-state index contributed by atoms with van der Waals surface area (Å²) in [7, 11) is 0. The smallest absolute Gasteiger partial charge is 0.00966 e. The molecule has 1 heteroatoms. The Morgan fingerprint density at radius 2 is 1.80 bits per heavy atom. The second kappa shape index (κ2) is 5.69. The molecule has 0 saturated heterocycles. The van der Waals surface area contributed by atoms with Gasteiger partial charge in [-0.25, -0.2) is 0 Å². The minimum Gasteiger partial charge on any atom is -0.312 e. The van der Waals surface area contributed by atoms with Gasteiger partial charge in [-0.1, -0.05) is 18.9 Å². The molecular weight excluding hydrogens is 182 g/mol. The van der Waals surface area contributed by atoms with Crippen LogP contribution in [0.3, 0.4) is 0 Å². The van der Waals surface area contributed by atoms with Crippen LogP contribution in [0.2, 0.25) is 0 Å². The van der Waals surface area contributed by atoms with Gasteiger partial charge in [0.05, 0.1) is 0 Å². The Hall–Kier alpha value is -0.300. The molecule has 0 aromatic rings. The first kappa shape index (κ1) is 12.8. The number of hydrogen-bond donors (Lipinski definition) is 1. The fourth-order valence-corrected chi connectivity index (χ4v) is 2.51. The highest BCUT2D eigenvalue weighted by atomic mass is 14.9. The van der Waals surface area contributed by atoms with Crippen molar-refractivity contribution in [1.82, 2.24) is 5.32 Å². The lowest BCUT2D eigenvalue weighted by atomic mass is 9.77. The van der Waals surface area contributed by atoms with Crippen molar-refractivity contribution >= 4 is 0 Å². The maximum Gasteiger partial charge on any atom is 0.00966 e. The molecule has 1 rings (SSSR count). The quantitative estimate of drug-likeness (QED) is 0.695. The maximum absolute atomic E-state index is 3.88. The molecule has 15 heavy (non-hydrogen) atoms. The molecule has 1 aliphatic carbocycles. The van der Waals surface area contributed by atoms with Crippen molar-refractivity contribution in [2.45, 2.75) is 58.4 Å². The van der Waals surface area contributed by atoms with E-state index in [1.807, 2.05) is 0 Å². The first-order chi connectivity index (χ1) is 7.03. The van der Waals surface area contributed by atoms with Crippen molar-refractivity contribution in [1.29, 1.82) is 0 Å². The summed E-state index contributed by atoms with van der Waals surface area (Å²) in [4.78, 5) is 0. The Morgan fingerprint density at radius 3 is 2.33 bits per heavy atom. The van der Waals surface area contributed by atoms with E-state index < -0.39 is 0 Å². The van der Waals surface area contributed by atoms with Crippen LogP contribution in [0.15, 0.2) is 12.7 Å². The van der Waals surface area contributed by atoms with E-state index in [0.717, 1.165) is 11.8 Å². The van der Waals surface area contributed by atoms with Crippen LogP contribution in [-0.4, -0.2) is 12.1 Å². The summed E-state index contributed by atoms with van der Waals surface area (Å²) in [5, 5.41) is 3.65. The summed E-state index contributed by atoms with van der Waals surface area (Å²) in [6.45, 7) is 11.8. The Kier molecular flexibility index (Phi) is 4.85. The Balaban J connectivity index is 2.38. The monoisotopic (exact) mass is 209 g/mol. The molecule has 0 amide bonds. The average Bonchev–Trinajstić information content (AvgIpc) is 2.16. The summed E-state index contributed by atoms with van der Waals surface area (Å²) < 4.78 is 0. The van der Waals surface area contributed by atoms with E-state index in [2.05, 4.69) is 38.7 Å². The van der Waals surface area contributed by atoms with Gasteiger partial charge < -0.3 is 5.32 Å². The van der Waals surface area contributed by atoms with E-state index in [-0.39, 0.29) is 5.54 Å². The summed E-state index contributed by atoms with van der Waals surface area (Å²) in [6, 6.07) is 0. The van der Waals surface area contributed by atoms with Crippen LogP contribution < -0.4 is 5.32 Å². The number of hydrogen-bond acceptors (Lipinski definition) is 1. The molecule has 0 bridgehead atoms. The molecule has 2 atom stereocenters. The zero-order valence-electron chi connectivity index (χ0n) is 10.7. The lowest BCUT2D eigenvalue weighted by Gasteiger charge is -2.33. The highest BCUT2D eigenvalue weighted by molar-refractivity contribution is 4.84. The Bertz CT molecular complexity index is 190. The van der Waals surface area contributed by atoms with Gasteiger partial charge in [0.15, 0.2) is 0 Å². The summed E-state index contributed by atoms with van der Waals surface area (Å²) in [6.07, 6.45) is 8.95. The molecule has 0 aromatic heterocycles. The zero-order valence-corrected chi connectivity index (χ0v) is 10.7. The molecule has 1 nitrogen and oxygen atoms in total. The van der Waals surface area contributed by atoms with Gasteiger partial charge in [-0.3, -0.25) is 0 Å². The van der Waals surface area contributed by atoms with Crippen molar-refractivity contribution in [3.8, 4) is 0 Å². The molecule has 88 valence electrons. The molecule has 0 radical (unpaired) electrons. The van der Waals surface area contributed by atoms with E-state index in [4.69, 9.17) is 0 Å². The molecule has 0 heterocycles. The van der Waals surface area contributed by atoms with Crippen molar-refractivity contribution in [3.05, 3.63) is 12.7 Å². The summed E-state index contributed by atoms with van der Waals surface area (Å²) in [5.74, 6) is 1.75. The van der Waals surface area contributed by atoms with Gasteiger partial charge >= 0.3 is 0 Å². The first-order valence-electron chi connectivity index (χ1n) is 6.39. The van der Waals surface area contributed by atoms with Gasteiger partial charge in [-0.05, 0) is 58.4 Å². The molecular formula is C14H27N. The minimum absolute atomic E-state index is 0.260. The van der Waals surface area contributed by atoms with Gasteiger partial charge in [-0.15, -0.1) is 6.58 Å². The lowest BCUT2D eigenvalue weighted by molar-refractivity contribution is 0.216. The summed E-state index contributed by atoms with van der Waals surface area (Å²) >= 11 is 0.